The molecule has 0 radical (unpaired) electrons. The standard InChI is InChI=1S/C45H26O/c1-2-13-30-27(11-1)23-24-39-43(30)33-15-3-6-18-36(33)45(39)37-19-7-4-16-34(37)44-31(17-10-20-38(44)45)29-25-28-12-9-22-41-42(28)35(26-29)32-14-5-8-21-40(32)46-41/h1-26H. The van der Waals surface area contributed by atoms with Gasteiger partial charge in [-0.1, -0.05) is 133 Å². The van der Waals surface area contributed by atoms with Crippen molar-refractivity contribution in [3.63, 3.8) is 0 Å². The molecular weight excluding hydrogens is 556 g/mol. The molecule has 1 heterocycles. The maximum atomic E-state index is 6.38. The van der Waals surface area contributed by atoms with Crippen LogP contribution in [0, 0.1) is 0 Å². The molecule has 0 bridgehead atoms. The van der Waals surface area contributed by atoms with E-state index in [0.29, 0.717) is 0 Å². The number of ether oxygens (including phenoxy) is 1. The SMILES string of the molecule is c1ccc2c(c1)Oc1cccc3cc(-c4cccc5c4-c4ccccc4C54c5ccccc5-c5c4ccc4ccccc54)cc-2c13. The van der Waals surface area contributed by atoms with Crippen LogP contribution < -0.4 is 4.74 Å². The van der Waals surface area contributed by atoms with E-state index in [1.807, 2.05) is 0 Å². The molecule has 0 amide bonds. The van der Waals surface area contributed by atoms with Crippen molar-refractivity contribution in [2.24, 2.45) is 0 Å². The number of hydrogen-bond donors (Lipinski definition) is 0. The van der Waals surface area contributed by atoms with Gasteiger partial charge >= 0.3 is 0 Å². The fraction of sp³-hybridized carbons (Fsp3) is 0.0222. The summed E-state index contributed by atoms with van der Waals surface area (Å²) in [6.45, 7) is 0. The van der Waals surface area contributed by atoms with Crippen molar-refractivity contribution in [1.82, 2.24) is 0 Å². The Morgan fingerprint density at radius 2 is 0.978 bits per heavy atom. The molecular formula is C45H26O. The molecule has 46 heavy (non-hydrogen) atoms. The second kappa shape index (κ2) is 8.62. The van der Waals surface area contributed by atoms with Crippen LogP contribution in [0.1, 0.15) is 22.3 Å². The molecule has 1 heteroatoms. The molecule has 0 aromatic heterocycles. The van der Waals surface area contributed by atoms with Gasteiger partial charge < -0.3 is 4.74 Å². The van der Waals surface area contributed by atoms with E-state index < -0.39 is 5.41 Å². The van der Waals surface area contributed by atoms with Gasteiger partial charge in [-0.15, -0.1) is 0 Å². The average molecular weight is 583 g/mol. The molecule has 212 valence electrons. The van der Waals surface area contributed by atoms with Crippen molar-refractivity contribution >= 4 is 21.5 Å². The number of hydrogen-bond acceptors (Lipinski definition) is 1. The zero-order valence-electron chi connectivity index (χ0n) is 24.9. The lowest BCUT2D eigenvalue weighted by Crippen LogP contribution is -2.25. The molecule has 2 aliphatic carbocycles. The highest BCUT2D eigenvalue weighted by Crippen LogP contribution is 2.65. The van der Waals surface area contributed by atoms with E-state index in [1.54, 1.807) is 0 Å². The average Bonchev–Trinajstić information content (AvgIpc) is 3.59. The van der Waals surface area contributed by atoms with E-state index in [1.165, 1.54) is 82.7 Å². The van der Waals surface area contributed by atoms with Crippen LogP contribution in [-0.4, -0.2) is 0 Å². The van der Waals surface area contributed by atoms with Crippen LogP contribution in [-0.2, 0) is 5.41 Å². The second-order valence-corrected chi connectivity index (χ2v) is 12.8. The van der Waals surface area contributed by atoms with Gasteiger partial charge in [0, 0.05) is 10.9 Å². The van der Waals surface area contributed by atoms with Crippen LogP contribution in [0.3, 0.4) is 0 Å². The predicted molar refractivity (Wildman–Crippen MR) is 189 cm³/mol. The summed E-state index contributed by atoms with van der Waals surface area (Å²) in [5.41, 5.74) is 15.3. The Labute approximate surface area is 267 Å². The van der Waals surface area contributed by atoms with Crippen molar-refractivity contribution in [3.8, 4) is 56.0 Å². The van der Waals surface area contributed by atoms with Crippen LogP contribution in [0.2, 0.25) is 0 Å². The van der Waals surface area contributed by atoms with E-state index in [0.717, 1.165) is 17.1 Å². The molecule has 11 rings (SSSR count). The molecule has 0 N–H and O–H groups in total. The highest BCUT2D eigenvalue weighted by Gasteiger charge is 2.52. The van der Waals surface area contributed by atoms with E-state index in [-0.39, 0.29) is 0 Å². The number of para-hydroxylation sites is 1. The van der Waals surface area contributed by atoms with Gasteiger partial charge in [0.1, 0.15) is 11.5 Å². The van der Waals surface area contributed by atoms with Crippen molar-refractivity contribution in [2.45, 2.75) is 5.41 Å². The van der Waals surface area contributed by atoms with Gasteiger partial charge in [0.25, 0.3) is 0 Å². The summed E-state index contributed by atoms with van der Waals surface area (Å²) in [7, 11) is 0. The highest BCUT2D eigenvalue weighted by atomic mass is 16.5. The van der Waals surface area contributed by atoms with Crippen molar-refractivity contribution < 1.29 is 4.74 Å². The Morgan fingerprint density at radius 1 is 0.370 bits per heavy atom. The van der Waals surface area contributed by atoms with Crippen LogP contribution in [0.5, 0.6) is 11.5 Å². The fourth-order valence-electron chi connectivity index (χ4n) is 8.94. The Balaban J connectivity index is 1.26. The Hall–Kier alpha value is -5.92. The fourth-order valence-corrected chi connectivity index (χ4v) is 8.94. The summed E-state index contributed by atoms with van der Waals surface area (Å²) < 4.78 is 6.38. The molecule has 1 aliphatic heterocycles. The predicted octanol–water partition coefficient (Wildman–Crippen LogP) is 11.8. The largest absolute Gasteiger partial charge is 0.456 e. The summed E-state index contributed by atoms with van der Waals surface area (Å²) >= 11 is 0. The van der Waals surface area contributed by atoms with E-state index >= 15 is 0 Å². The Morgan fingerprint density at radius 3 is 1.85 bits per heavy atom. The van der Waals surface area contributed by atoms with Gasteiger partial charge in [0.15, 0.2) is 0 Å². The van der Waals surface area contributed by atoms with Crippen LogP contribution in [0.15, 0.2) is 158 Å². The van der Waals surface area contributed by atoms with Crippen molar-refractivity contribution in [3.05, 3.63) is 180 Å². The second-order valence-electron chi connectivity index (χ2n) is 12.8. The zero-order chi connectivity index (χ0) is 30.0. The van der Waals surface area contributed by atoms with Crippen LogP contribution in [0.4, 0.5) is 0 Å². The molecule has 1 nitrogen and oxygen atoms in total. The van der Waals surface area contributed by atoms with Gasteiger partial charge in [-0.3, -0.25) is 0 Å². The smallest absolute Gasteiger partial charge is 0.135 e. The van der Waals surface area contributed by atoms with E-state index in [2.05, 4.69) is 158 Å². The van der Waals surface area contributed by atoms with Crippen LogP contribution >= 0.6 is 0 Å². The number of rotatable bonds is 1. The minimum atomic E-state index is -0.392. The lowest BCUT2D eigenvalue weighted by atomic mass is 9.70. The monoisotopic (exact) mass is 582 g/mol. The first kappa shape index (κ1) is 24.4. The molecule has 1 atom stereocenters. The van der Waals surface area contributed by atoms with Gasteiger partial charge in [-0.2, -0.15) is 0 Å². The quantitative estimate of drug-likeness (QED) is 0.187. The summed E-state index contributed by atoms with van der Waals surface area (Å²) in [5, 5.41) is 4.97. The first-order valence-corrected chi connectivity index (χ1v) is 16.0. The third-order valence-electron chi connectivity index (χ3n) is 10.6. The summed E-state index contributed by atoms with van der Waals surface area (Å²) in [5.74, 6) is 1.83. The minimum Gasteiger partial charge on any atom is -0.456 e. The highest BCUT2D eigenvalue weighted by molar-refractivity contribution is 6.10. The molecule has 0 saturated heterocycles. The van der Waals surface area contributed by atoms with Gasteiger partial charge in [0.05, 0.1) is 5.41 Å². The molecule has 1 spiro atoms. The van der Waals surface area contributed by atoms with Gasteiger partial charge in [0.2, 0.25) is 0 Å². The first-order chi connectivity index (χ1) is 22.8. The van der Waals surface area contributed by atoms with Crippen molar-refractivity contribution in [1.29, 1.82) is 0 Å². The third kappa shape index (κ3) is 2.87. The first-order valence-electron chi connectivity index (χ1n) is 16.0. The lowest BCUT2D eigenvalue weighted by molar-refractivity contribution is 0.487. The molecule has 8 aromatic carbocycles. The molecule has 0 fully saturated rings. The lowest BCUT2D eigenvalue weighted by Gasteiger charge is -2.30. The molecule has 8 aromatic rings. The maximum absolute atomic E-state index is 6.38. The topological polar surface area (TPSA) is 9.23 Å². The summed E-state index contributed by atoms with van der Waals surface area (Å²) in [6.07, 6.45) is 0. The van der Waals surface area contributed by atoms with Crippen molar-refractivity contribution in [2.75, 3.05) is 0 Å². The molecule has 3 aliphatic rings. The Bertz CT molecular complexity index is 2630. The van der Waals surface area contributed by atoms with E-state index in [9.17, 15) is 0 Å². The summed E-state index contributed by atoms with van der Waals surface area (Å²) in [6, 6.07) is 58.3. The van der Waals surface area contributed by atoms with E-state index in [4.69, 9.17) is 4.74 Å². The molecule has 0 saturated carbocycles. The minimum absolute atomic E-state index is 0.392. The van der Waals surface area contributed by atoms with Gasteiger partial charge in [-0.25, -0.2) is 0 Å². The van der Waals surface area contributed by atoms with Gasteiger partial charge in [-0.05, 0) is 102 Å². The Kier molecular flexibility index (Phi) is 4.57. The third-order valence-corrected chi connectivity index (χ3v) is 10.6. The van der Waals surface area contributed by atoms with Crippen LogP contribution in [0.25, 0.3) is 66.1 Å². The molecule has 1 unspecified atom stereocenters. The maximum Gasteiger partial charge on any atom is 0.135 e. The normalized spacial score (nSPS) is 16.1. The number of benzene rings is 8. The number of fused-ring (bicyclic) bond motifs is 14. The summed E-state index contributed by atoms with van der Waals surface area (Å²) in [4.78, 5) is 0. The zero-order valence-corrected chi connectivity index (χ0v) is 24.9.